The molecule has 0 aliphatic rings. The number of unbranched alkanes of at least 4 members (excludes halogenated alkanes) is 2. The van der Waals surface area contributed by atoms with E-state index in [1.165, 1.54) is 0 Å². The lowest BCUT2D eigenvalue weighted by molar-refractivity contribution is -0.136. The highest BCUT2D eigenvalue weighted by molar-refractivity contribution is 5.94. The summed E-state index contributed by atoms with van der Waals surface area (Å²) in [5, 5.41) is 14.3. The average molecular weight is 554 g/mol. The number of benzene rings is 2. The van der Waals surface area contributed by atoms with Gasteiger partial charge in [-0.2, -0.15) is 0 Å². The number of carboxylic acid groups (broad SMARTS) is 1. The number of urea groups is 1. The molecule has 3 amide bonds. The summed E-state index contributed by atoms with van der Waals surface area (Å²) in [5.41, 5.74) is 2.30. The summed E-state index contributed by atoms with van der Waals surface area (Å²) in [5.74, 6) is -1.34. The maximum Gasteiger partial charge on any atom is 0.338 e. The summed E-state index contributed by atoms with van der Waals surface area (Å²) in [6, 6.07) is 13.4. The molecule has 0 bridgehead atoms. The Morgan fingerprint density at radius 1 is 0.900 bits per heavy atom. The number of anilines is 1. The molecule has 0 heterocycles. The third-order valence-electron chi connectivity index (χ3n) is 6.63. The zero-order valence-corrected chi connectivity index (χ0v) is 23.9. The Bertz CT molecular complexity index is 1090. The van der Waals surface area contributed by atoms with Gasteiger partial charge in [0.15, 0.2) is 0 Å². The van der Waals surface area contributed by atoms with Gasteiger partial charge in [0.25, 0.3) is 5.91 Å². The normalized spacial score (nSPS) is 11.4. The van der Waals surface area contributed by atoms with Gasteiger partial charge in [-0.3, -0.25) is 9.59 Å². The second kappa shape index (κ2) is 17.7. The highest BCUT2D eigenvalue weighted by Crippen LogP contribution is 2.19. The minimum absolute atomic E-state index is 0.0566. The molecule has 0 aromatic heterocycles. The van der Waals surface area contributed by atoms with E-state index in [-0.39, 0.29) is 30.9 Å². The predicted octanol–water partition coefficient (Wildman–Crippen LogP) is 6.10. The van der Waals surface area contributed by atoms with Crippen LogP contribution in [0.1, 0.15) is 92.0 Å². The molecule has 9 nitrogen and oxygen atoms in total. The van der Waals surface area contributed by atoms with Crippen molar-refractivity contribution in [2.24, 2.45) is 5.92 Å². The van der Waals surface area contributed by atoms with E-state index in [1.807, 2.05) is 6.92 Å². The quantitative estimate of drug-likeness (QED) is 0.161. The molecule has 9 heteroatoms. The lowest BCUT2D eigenvalue weighted by Crippen LogP contribution is -2.38. The lowest BCUT2D eigenvalue weighted by Gasteiger charge is -2.28. The summed E-state index contributed by atoms with van der Waals surface area (Å²) in [6.45, 7) is 7.70. The first kappa shape index (κ1) is 32.3. The smallest absolute Gasteiger partial charge is 0.338 e. The van der Waals surface area contributed by atoms with Crippen LogP contribution in [0.4, 0.5) is 10.5 Å². The number of aliphatic carboxylic acids is 1. The second-order valence-corrected chi connectivity index (χ2v) is 9.89. The van der Waals surface area contributed by atoms with Crippen molar-refractivity contribution in [3.05, 3.63) is 65.2 Å². The van der Waals surface area contributed by atoms with Crippen molar-refractivity contribution in [2.45, 2.75) is 72.3 Å². The summed E-state index contributed by atoms with van der Waals surface area (Å²) < 4.78 is 5.25. The molecule has 40 heavy (non-hydrogen) atoms. The molecule has 0 aliphatic heterocycles. The van der Waals surface area contributed by atoms with E-state index >= 15 is 0 Å². The zero-order valence-electron chi connectivity index (χ0n) is 23.9. The Kier molecular flexibility index (Phi) is 14.3. The number of hydrogen-bond acceptors (Lipinski definition) is 5. The first-order valence-electron chi connectivity index (χ1n) is 14.2. The topological polar surface area (TPSA) is 125 Å². The maximum atomic E-state index is 13.4. The lowest BCUT2D eigenvalue weighted by atomic mass is 9.98. The van der Waals surface area contributed by atoms with Crippen molar-refractivity contribution in [3.63, 3.8) is 0 Å². The molecule has 1 atom stereocenters. The van der Waals surface area contributed by atoms with E-state index in [9.17, 15) is 19.2 Å². The molecule has 2 rings (SSSR count). The van der Waals surface area contributed by atoms with Crippen LogP contribution in [0.15, 0.2) is 48.5 Å². The third kappa shape index (κ3) is 11.5. The van der Waals surface area contributed by atoms with Crippen molar-refractivity contribution in [2.75, 3.05) is 25.0 Å². The first-order valence-corrected chi connectivity index (χ1v) is 14.2. The number of amides is 3. The number of nitrogens with one attached hydrogen (secondary N) is 2. The fraction of sp³-hybridized carbons (Fsp3) is 0.484. The van der Waals surface area contributed by atoms with Gasteiger partial charge < -0.3 is 25.4 Å². The van der Waals surface area contributed by atoms with Gasteiger partial charge in [-0.1, -0.05) is 58.6 Å². The van der Waals surface area contributed by atoms with Crippen LogP contribution in [0.3, 0.4) is 0 Å². The Hall–Kier alpha value is -3.88. The van der Waals surface area contributed by atoms with E-state index in [2.05, 4.69) is 24.5 Å². The fourth-order valence-corrected chi connectivity index (χ4v) is 4.10. The van der Waals surface area contributed by atoms with Crippen molar-refractivity contribution < 1.29 is 29.0 Å². The van der Waals surface area contributed by atoms with Crippen LogP contribution in [0.5, 0.6) is 0 Å². The largest absolute Gasteiger partial charge is 0.481 e. The minimum atomic E-state index is -0.973. The van der Waals surface area contributed by atoms with Crippen LogP contribution in [-0.4, -0.2) is 53.6 Å². The van der Waals surface area contributed by atoms with Crippen LogP contribution in [0.25, 0.3) is 0 Å². The molecule has 2 aromatic rings. The van der Waals surface area contributed by atoms with Gasteiger partial charge >= 0.3 is 18.0 Å². The summed E-state index contributed by atoms with van der Waals surface area (Å²) in [6.07, 6.45) is 5.78. The Labute approximate surface area is 237 Å². The van der Waals surface area contributed by atoms with E-state index in [0.29, 0.717) is 42.4 Å². The molecule has 0 aliphatic carbocycles. The molecule has 0 saturated heterocycles. The fourth-order valence-electron chi connectivity index (χ4n) is 4.10. The number of carbonyl (C=O) groups is 4. The van der Waals surface area contributed by atoms with Gasteiger partial charge in [0.2, 0.25) is 0 Å². The highest BCUT2D eigenvalue weighted by Gasteiger charge is 2.19. The number of esters is 1. The van der Waals surface area contributed by atoms with Crippen LogP contribution >= 0.6 is 0 Å². The van der Waals surface area contributed by atoms with Gasteiger partial charge in [-0.25, -0.2) is 9.59 Å². The maximum absolute atomic E-state index is 13.4. The SMILES string of the molecule is CCCCOC(=O)c1ccc(NC(=O)N(Cc2ccc(C(=O)NCCC(=O)O)cc2)CC(CC)CCCC)cc1. The van der Waals surface area contributed by atoms with Crippen LogP contribution in [0.2, 0.25) is 0 Å². The van der Waals surface area contributed by atoms with Crippen molar-refractivity contribution >= 4 is 29.6 Å². The molecular formula is C31H43N3O6. The van der Waals surface area contributed by atoms with E-state index in [1.54, 1.807) is 53.4 Å². The van der Waals surface area contributed by atoms with Gasteiger partial charge in [0, 0.05) is 30.9 Å². The van der Waals surface area contributed by atoms with Crippen molar-refractivity contribution in [1.29, 1.82) is 0 Å². The predicted molar refractivity (Wildman–Crippen MR) is 155 cm³/mol. The van der Waals surface area contributed by atoms with Crippen LogP contribution in [-0.2, 0) is 16.1 Å². The number of nitrogens with zero attached hydrogens (tertiary/aromatic N) is 1. The zero-order chi connectivity index (χ0) is 29.3. The highest BCUT2D eigenvalue weighted by atomic mass is 16.5. The van der Waals surface area contributed by atoms with Gasteiger partial charge in [-0.15, -0.1) is 0 Å². The molecule has 2 aromatic carbocycles. The molecule has 0 fully saturated rings. The molecular weight excluding hydrogens is 510 g/mol. The Balaban J connectivity index is 2.10. The summed E-state index contributed by atoms with van der Waals surface area (Å²) in [4.78, 5) is 50.3. The summed E-state index contributed by atoms with van der Waals surface area (Å²) in [7, 11) is 0. The third-order valence-corrected chi connectivity index (χ3v) is 6.63. The van der Waals surface area contributed by atoms with Gasteiger partial charge in [0.1, 0.15) is 0 Å². The van der Waals surface area contributed by atoms with E-state index in [4.69, 9.17) is 9.84 Å². The Morgan fingerprint density at radius 3 is 2.15 bits per heavy atom. The standard InChI is InChI=1S/C31H43N3O6/c1-4-7-9-23(6-3)21-34(22-24-10-12-25(13-11-24)29(37)32-19-18-28(35)36)31(39)33-27-16-14-26(15-17-27)30(38)40-20-8-5-2/h10-17,23H,4-9,18-22H2,1-3H3,(H,32,37)(H,33,39)(H,35,36). The van der Waals surface area contributed by atoms with Gasteiger partial charge in [-0.05, 0) is 60.7 Å². The van der Waals surface area contributed by atoms with Crippen LogP contribution < -0.4 is 10.6 Å². The second-order valence-electron chi connectivity index (χ2n) is 9.89. The molecule has 1 unspecified atom stereocenters. The average Bonchev–Trinajstić information content (AvgIpc) is 2.95. The number of carbonyl (C=O) groups excluding carboxylic acids is 3. The molecule has 3 N–H and O–H groups in total. The van der Waals surface area contributed by atoms with Crippen LogP contribution in [0, 0.1) is 5.92 Å². The van der Waals surface area contributed by atoms with Gasteiger partial charge in [0.05, 0.1) is 18.6 Å². The molecule has 0 spiro atoms. The number of carboxylic acids is 1. The van der Waals surface area contributed by atoms with E-state index in [0.717, 1.165) is 44.1 Å². The summed E-state index contributed by atoms with van der Waals surface area (Å²) >= 11 is 0. The molecule has 0 saturated carbocycles. The van der Waals surface area contributed by atoms with Crippen molar-refractivity contribution in [3.8, 4) is 0 Å². The number of rotatable bonds is 17. The molecule has 218 valence electrons. The number of ether oxygens (including phenoxy) is 1. The minimum Gasteiger partial charge on any atom is -0.481 e. The Morgan fingerprint density at radius 2 is 1.55 bits per heavy atom. The van der Waals surface area contributed by atoms with E-state index < -0.39 is 5.97 Å². The number of hydrogen-bond donors (Lipinski definition) is 3. The monoisotopic (exact) mass is 553 g/mol. The van der Waals surface area contributed by atoms with Crippen molar-refractivity contribution in [1.82, 2.24) is 10.2 Å². The molecule has 0 radical (unpaired) electrons. The first-order chi connectivity index (χ1) is 19.3.